The molecule has 0 saturated carbocycles. The lowest BCUT2D eigenvalue weighted by atomic mass is 9.86. The number of nitriles is 1. The minimum Gasteiger partial charge on any atom is -0.294 e. The Balaban J connectivity index is 2.06. The first-order valence-corrected chi connectivity index (χ1v) is 9.23. The standard InChI is InChI=1S/C23H14F6N2O/c24-22(25,26)17-9-7-15(8-10-17)18(21-19(23(27,28)29)2-1-11-31-21)12-20(32)16-5-3-14(13-30)4-6-16/h1-11,18H,12H2/t18-/m0/s1. The van der Waals surface area contributed by atoms with Crippen LogP contribution in [0.1, 0.15) is 50.6 Å². The normalized spacial score (nSPS) is 12.8. The summed E-state index contributed by atoms with van der Waals surface area (Å²) in [6.07, 6.45) is -8.72. The van der Waals surface area contributed by atoms with E-state index in [-0.39, 0.29) is 11.1 Å². The fourth-order valence-electron chi connectivity index (χ4n) is 3.25. The van der Waals surface area contributed by atoms with E-state index in [4.69, 9.17) is 5.26 Å². The second-order valence-electron chi connectivity index (χ2n) is 6.92. The Bertz CT molecular complexity index is 1140. The zero-order chi connectivity index (χ0) is 23.5. The van der Waals surface area contributed by atoms with Crippen LogP contribution < -0.4 is 0 Å². The molecule has 3 aromatic rings. The summed E-state index contributed by atoms with van der Waals surface area (Å²) in [6, 6.07) is 12.9. The first kappa shape index (κ1) is 23.0. The van der Waals surface area contributed by atoms with Gasteiger partial charge >= 0.3 is 12.4 Å². The molecule has 0 spiro atoms. The van der Waals surface area contributed by atoms with Crippen molar-refractivity contribution in [3.63, 3.8) is 0 Å². The van der Waals surface area contributed by atoms with Crippen molar-refractivity contribution < 1.29 is 31.1 Å². The van der Waals surface area contributed by atoms with Crippen molar-refractivity contribution in [3.05, 3.63) is 100 Å². The van der Waals surface area contributed by atoms with Crippen LogP contribution in [0.5, 0.6) is 0 Å². The Labute approximate surface area is 179 Å². The number of hydrogen-bond acceptors (Lipinski definition) is 3. The van der Waals surface area contributed by atoms with Gasteiger partial charge in [0.15, 0.2) is 5.78 Å². The van der Waals surface area contributed by atoms with Gasteiger partial charge in [0.25, 0.3) is 0 Å². The lowest BCUT2D eigenvalue weighted by Gasteiger charge is -2.21. The van der Waals surface area contributed by atoms with Gasteiger partial charge in [0.2, 0.25) is 0 Å². The van der Waals surface area contributed by atoms with Gasteiger partial charge in [-0.1, -0.05) is 24.3 Å². The van der Waals surface area contributed by atoms with Gasteiger partial charge in [0.05, 0.1) is 28.5 Å². The van der Waals surface area contributed by atoms with Crippen LogP contribution in [0.15, 0.2) is 66.9 Å². The Morgan fingerprint density at radius 2 is 1.53 bits per heavy atom. The summed E-state index contributed by atoms with van der Waals surface area (Å²) in [6.45, 7) is 0. The average molecular weight is 448 g/mol. The lowest BCUT2D eigenvalue weighted by molar-refractivity contribution is -0.139. The van der Waals surface area contributed by atoms with E-state index in [1.165, 1.54) is 24.3 Å². The molecule has 32 heavy (non-hydrogen) atoms. The number of carbonyl (C=O) groups is 1. The van der Waals surface area contributed by atoms with Crippen LogP contribution in [0.3, 0.4) is 0 Å². The van der Waals surface area contributed by atoms with E-state index in [1.807, 2.05) is 6.07 Å². The van der Waals surface area contributed by atoms with Crippen molar-refractivity contribution in [1.29, 1.82) is 5.26 Å². The smallest absolute Gasteiger partial charge is 0.294 e. The maximum atomic E-state index is 13.6. The molecule has 0 aliphatic carbocycles. The van der Waals surface area contributed by atoms with Gasteiger partial charge in [-0.3, -0.25) is 9.78 Å². The largest absolute Gasteiger partial charge is 0.418 e. The van der Waals surface area contributed by atoms with E-state index in [2.05, 4.69) is 4.98 Å². The molecule has 0 N–H and O–H groups in total. The minimum atomic E-state index is -4.77. The Hall–Kier alpha value is -3.67. The average Bonchev–Trinajstić information content (AvgIpc) is 2.76. The molecule has 1 atom stereocenters. The number of rotatable bonds is 5. The first-order valence-electron chi connectivity index (χ1n) is 9.23. The fraction of sp³-hybridized carbons (Fsp3) is 0.174. The second kappa shape index (κ2) is 8.83. The number of halogens is 6. The number of alkyl halides is 6. The number of benzene rings is 2. The predicted octanol–water partition coefficient (Wildman–Crippen LogP) is 6.40. The highest BCUT2D eigenvalue weighted by molar-refractivity contribution is 5.97. The Kier molecular flexibility index (Phi) is 6.35. The van der Waals surface area contributed by atoms with Crippen LogP contribution in [0.4, 0.5) is 26.3 Å². The van der Waals surface area contributed by atoms with Gasteiger partial charge in [-0.15, -0.1) is 0 Å². The van der Waals surface area contributed by atoms with Crippen molar-refractivity contribution in [2.75, 3.05) is 0 Å². The highest BCUT2D eigenvalue weighted by Crippen LogP contribution is 2.39. The molecule has 9 heteroatoms. The third-order valence-corrected chi connectivity index (χ3v) is 4.84. The first-order chi connectivity index (χ1) is 15.0. The van der Waals surface area contributed by atoms with Gasteiger partial charge in [0, 0.05) is 24.1 Å². The topological polar surface area (TPSA) is 53.8 Å². The third-order valence-electron chi connectivity index (χ3n) is 4.84. The molecule has 164 valence electrons. The SMILES string of the molecule is N#Cc1ccc(C(=O)C[C@@H](c2ccc(C(F)(F)F)cc2)c2ncccc2C(F)(F)F)cc1. The van der Waals surface area contributed by atoms with E-state index in [9.17, 15) is 31.1 Å². The molecule has 0 unspecified atom stereocenters. The zero-order valence-electron chi connectivity index (χ0n) is 16.2. The zero-order valence-corrected chi connectivity index (χ0v) is 16.2. The number of ketones is 1. The van der Waals surface area contributed by atoms with Gasteiger partial charge in [-0.25, -0.2) is 0 Å². The van der Waals surface area contributed by atoms with Crippen molar-refractivity contribution in [2.24, 2.45) is 0 Å². The molecular weight excluding hydrogens is 434 g/mol. The molecule has 0 aliphatic rings. The summed E-state index contributed by atoms with van der Waals surface area (Å²) in [7, 11) is 0. The number of aromatic nitrogens is 1. The molecule has 0 aliphatic heterocycles. The van der Waals surface area contributed by atoms with Crippen LogP contribution in [0.25, 0.3) is 0 Å². The molecule has 2 aromatic carbocycles. The van der Waals surface area contributed by atoms with E-state index in [0.29, 0.717) is 5.56 Å². The van der Waals surface area contributed by atoms with E-state index >= 15 is 0 Å². The summed E-state index contributed by atoms with van der Waals surface area (Å²) in [4.78, 5) is 16.6. The van der Waals surface area contributed by atoms with Crippen LogP contribution in [0.2, 0.25) is 0 Å². The number of nitrogens with zero attached hydrogens (tertiary/aromatic N) is 2. The highest BCUT2D eigenvalue weighted by atomic mass is 19.4. The van der Waals surface area contributed by atoms with Crippen molar-refractivity contribution >= 4 is 5.78 Å². The Morgan fingerprint density at radius 1 is 0.906 bits per heavy atom. The third kappa shape index (κ3) is 5.14. The number of carbonyl (C=O) groups excluding carboxylic acids is 1. The van der Waals surface area contributed by atoms with E-state index in [0.717, 1.165) is 42.6 Å². The maximum Gasteiger partial charge on any atom is 0.418 e. The number of hydrogen-bond donors (Lipinski definition) is 0. The van der Waals surface area contributed by atoms with Crippen molar-refractivity contribution in [1.82, 2.24) is 4.98 Å². The van der Waals surface area contributed by atoms with Crippen molar-refractivity contribution in [3.8, 4) is 6.07 Å². The summed E-state index contributed by atoms with van der Waals surface area (Å²) < 4.78 is 79.5. The molecule has 0 saturated heterocycles. The van der Waals surface area contributed by atoms with Crippen molar-refractivity contribution in [2.45, 2.75) is 24.7 Å². The molecule has 0 fully saturated rings. The quantitative estimate of drug-likeness (QED) is 0.336. The molecule has 0 radical (unpaired) electrons. The maximum absolute atomic E-state index is 13.6. The van der Waals surface area contributed by atoms with Gasteiger partial charge < -0.3 is 0 Å². The van der Waals surface area contributed by atoms with Gasteiger partial charge in [-0.2, -0.15) is 31.6 Å². The molecule has 0 amide bonds. The van der Waals surface area contributed by atoms with Crippen LogP contribution in [-0.4, -0.2) is 10.8 Å². The van der Waals surface area contributed by atoms with E-state index in [1.54, 1.807) is 0 Å². The second-order valence-corrected chi connectivity index (χ2v) is 6.92. The highest BCUT2D eigenvalue weighted by Gasteiger charge is 2.37. The number of pyridine rings is 1. The summed E-state index contributed by atoms with van der Waals surface area (Å²) in [5.41, 5.74) is -1.95. The monoisotopic (exact) mass is 448 g/mol. The fourth-order valence-corrected chi connectivity index (χ4v) is 3.25. The summed E-state index contributed by atoms with van der Waals surface area (Å²) in [5.74, 6) is -1.78. The molecule has 0 bridgehead atoms. The van der Waals surface area contributed by atoms with Crippen LogP contribution in [-0.2, 0) is 12.4 Å². The molecule has 3 nitrogen and oxygen atoms in total. The van der Waals surface area contributed by atoms with Crippen LogP contribution in [0, 0.1) is 11.3 Å². The summed E-state index contributed by atoms with van der Waals surface area (Å²) in [5, 5.41) is 8.87. The van der Waals surface area contributed by atoms with Gasteiger partial charge in [0.1, 0.15) is 0 Å². The van der Waals surface area contributed by atoms with E-state index < -0.39 is 47.3 Å². The molecule has 1 heterocycles. The van der Waals surface area contributed by atoms with Crippen LogP contribution >= 0.6 is 0 Å². The minimum absolute atomic E-state index is 0.0872. The van der Waals surface area contributed by atoms with Gasteiger partial charge in [-0.05, 0) is 42.0 Å². The Morgan fingerprint density at radius 3 is 2.06 bits per heavy atom. The molecular formula is C23H14F6N2O. The predicted molar refractivity (Wildman–Crippen MR) is 103 cm³/mol. The molecule has 3 rings (SSSR count). The lowest BCUT2D eigenvalue weighted by Crippen LogP contribution is -2.17. The number of Topliss-reactive ketones (excluding diaryl/α,β-unsaturated/α-hetero) is 1. The summed E-state index contributed by atoms with van der Waals surface area (Å²) >= 11 is 0. The molecule has 1 aromatic heterocycles.